The van der Waals surface area contributed by atoms with Crippen molar-refractivity contribution in [3.05, 3.63) is 129 Å². The van der Waals surface area contributed by atoms with Gasteiger partial charge in [0.15, 0.2) is 0 Å². The van der Waals surface area contributed by atoms with Crippen LogP contribution in [0.3, 0.4) is 0 Å². The summed E-state index contributed by atoms with van der Waals surface area (Å²) in [7, 11) is 0. The Morgan fingerprint density at radius 3 is 1.40 bits per heavy atom. The highest BCUT2D eigenvalue weighted by atomic mass is 16.5. The van der Waals surface area contributed by atoms with Gasteiger partial charge in [0.25, 0.3) is 0 Å². The summed E-state index contributed by atoms with van der Waals surface area (Å²) in [5.41, 5.74) is 7.80. The molecule has 4 aromatic carbocycles. The molecule has 0 bridgehead atoms. The fourth-order valence-corrected chi connectivity index (χ4v) is 6.93. The van der Waals surface area contributed by atoms with Crippen LogP contribution >= 0.6 is 0 Å². The molecule has 1 unspecified atom stereocenters. The van der Waals surface area contributed by atoms with Gasteiger partial charge in [-0.2, -0.15) is 0 Å². The third-order valence-electron chi connectivity index (χ3n) is 9.10. The maximum Gasteiger partial charge on any atom is 0.343 e. The number of esters is 2. The average Bonchev–Trinajstić information content (AvgIpc) is 2.95. The van der Waals surface area contributed by atoms with Crippen LogP contribution in [0, 0.1) is 39.0 Å². The lowest BCUT2D eigenvalue weighted by molar-refractivity contribution is 0.0725. The van der Waals surface area contributed by atoms with Crippen molar-refractivity contribution in [2.45, 2.75) is 73.1 Å². The van der Waals surface area contributed by atoms with Gasteiger partial charge in [0, 0.05) is 5.41 Å². The highest BCUT2D eigenvalue weighted by molar-refractivity contribution is 5.92. The van der Waals surface area contributed by atoms with E-state index in [0.29, 0.717) is 28.5 Å². The molecule has 0 spiro atoms. The van der Waals surface area contributed by atoms with E-state index in [2.05, 4.69) is 45.0 Å². The van der Waals surface area contributed by atoms with Gasteiger partial charge in [0.2, 0.25) is 0 Å². The van der Waals surface area contributed by atoms with Gasteiger partial charge in [0.1, 0.15) is 11.5 Å². The zero-order chi connectivity index (χ0) is 30.9. The zero-order valence-electron chi connectivity index (χ0n) is 26.4. The number of carbonyl (C=O) groups is 2. The van der Waals surface area contributed by atoms with Crippen LogP contribution in [0.2, 0.25) is 0 Å². The first-order valence-electron chi connectivity index (χ1n) is 15.2. The number of benzene rings is 4. The SMILES string of the molecule is Cc1ccc(C(=O)Oc2ccc(C3(c4ccc(OC(=O)c5ccc(C)c(C)c5)cc4)CC(C)CC(C)(C)C3)cc2)cc1C. The Kier molecular flexibility index (Phi) is 8.34. The minimum absolute atomic E-state index is 0.139. The van der Waals surface area contributed by atoms with Crippen LogP contribution < -0.4 is 9.47 Å². The van der Waals surface area contributed by atoms with Gasteiger partial charge < -0.3 is 9.47 Å². The molecule has 4 aromatic rings. The van der Waals surface area contributed by atoms with Gasteiger partial charge in [-0.3, -0.25) is 0 Å². The number of carbonyl (C=O) groups excluding carboxylic acids is 2. The van der Waals surface area contributed by atoms with Crippen LogP contribution in [0.15, 0.2) is 84.9 Å². The molecule has 4 nitrogen and oxygen atoms in total. The molecular formula is C39H42O4. The van der Waals surface area contributed by atoms with Gasteiger partial charge in [-0.25, -0.2) is 9.59 Å². The second kappa shape index (κ2) is 11.8. The first-order chi connectivity index (χ1) is 20.3. The second-order valence-electron chi connectivity index (χ2n) is 13.4. The van der Waals surface area contributed by atoms with Crippen molar-refractivity contribution in [3.8, 4) is 11.5 Å². The smallest absolute Gasteiger partial charge is 0.343 e. The summed E-state index contributed by atoms with van der Waals surface area (Å²) in [6.07, 6.45) is 3.14. The summed E-state index contributed by atoms with van der Waals surface area (Å²) in [6, 6.07) is 27.3. The number of hydrogen-bond acceptors (Lipinski definition) is 4. The first-order valence-corrected chi connectivity index (χ1v) is 15.2. The molecule has 4 heteroatoms. The van der Waals surface area contributed by atoms with E-state index in [1.165, 1.54) is 11.1 Å². The molecule has 0 radical (unpaired) electrons. The minimum Gasteiger partial charge on any atom is -0.423 e. The molecule has 1 aliphatic carbocycles. The number of hydrogen-bond donors (Lipinski definition) is 0. The molecule has 0 amide bonds. The second-order valence-corrected chi connectivity index (χ2v) is 13.4. The molecule has 0 saturated heterocycles. The monoisotopic (exact) mass is 574 g/mol. The zero-order valence-corrected chi connectivity index (χ0v) is 26.4. The summed E-state index contributed by atoms with van der Waals surface area (Å²) in [5, 5.41) is 0. The molecule has 0 aromatic heterocycles. The van der Waals surface area contributed by atoms with Crippen LogP contribution in [-0.2, 0) is 5.41 Å². The highest BCUT2D eigenvalue weighted by Gasteiger charge is 2.45. The number of rotatable bonds is 6. The fraction of sp³-hybridized carbons (Fsp3) is 0.333. The fourth-order valence-electron chi connectivity index (χ4n) is 6.93. The van der Waals surface area contributed by atoms with Gasteiger partial charge in [0.05, 0.1) is 11.1 Å². The van der Waals surface area contributed by atoms with Crippen molar-refractivity contribution >= 4 is 11.9 Å². The molecule has 0 N–H and O–H groups in total. The Labute approximate surface area is 256 Å². The van der Waals surface area contributed by atoms with E-state index in [9.17, 15) is 9.59 Å². The Morgan fingerprint density at radius 1 is 0.605 bits per heavy atom. The topological polar surface area (TPSA) is 52.6 Å². The van der Waals surface area contributed by atoms with Gasteiger partial charge in [-0.1, -0.05) is 57.2 Å². The molecule has 222 valence electrons. The highest BCUT2D eigenvalue weighted by Crippen LogP contribution is 2.53. The molecule has 0 heterocycles. The van der Waals surface area contributed by atoms with E-state index in [1.54, 1.807) is 0 Å². The van der Waals surface area contributed by atoms with Crippen molar-refractivity contribution in [1.29, 1.82) is 0 Å². The average molecular weight is 575 g/mol. The quantitative estimate of drug-likeness (QED) is 0.170. The summed E-state index contributed by atoms with van der Waals surface area (Å²) < 4.78 is 11.5. The molecule has 1 saturated carbocycles. The van der Waals surface area contributed by atoms with Crippen molar-refractivity contribution in [2.24, 2.45) is 11.3 Å². The largest absolute Gasteiger partial charge is 0.423 e. The predicted octanol–water partition coefficient (Wildman–Crippen LogP) is 9.49. The maximum atomic E-state index is 12.8. The lowest BCUT2D eigenvalue weighted by atomic mass is 9.55. The van der Waals surface area contributed by atoms with E-state index < -0.39 is 0 Å². The van der Waals surface area contributed by atoms with E-state index in [4.69, 9.17) is 9.47 Å². The predicted molar refractivity (Wildman–Crippen MR) is 172 cm³/mol. The first kappa shape index (κ1) is 30.3. The lowest BCUT2D eigenvalue weighted by Gasteiger charge is -2.48. The van der Waals surface area contributed by atoms with Crippen molar-refractivity contribution in [1.82, 2.24) is 0 Å². The molecule has 43 heavy (non-hydrogen) atoms. The van der Waals surface area contributed by atoms with E-state index >= 15 is 0 Å². The summed E-state index contributed by atoms with van der Waals surface area (Å²) in [5.74, 6) is 0.860. The van der Waals surface area contributed by atoms with Crippen molar-refractivity contribution in [3.63, 3.8) is 0 Å². The summed E-state index contributed by atoms with van der Waals surface area (Å²) in [4.78, 5) is 25.7. The molecular weight excluding hydrogens is 532 g/mol. The molecule has 0 aliphatic heterocycles. The molecule has 5 rings (SSSR count). The Morgan fingerprint density at radius 2 is 1.02 bits per heavy atom. The van der Waals surface area contributed by atoms with E-state index in [0.717, 1.165) is 41.5 Å². The number of aryl methyl sites for hydroxylation is 4. The summed E-state index contributed by atoms with van der Waals surface area (Å²) >= 11 is 0. The summed E-state index contributed by atoms with van der Waals surface area (Å²) in [6.45, 7) is 15.1. The molecule has 1 fully saturated rings. The third-order valence-corrected chi connectivity index (χ3v) is 9.10. The van der Waals surface area contributed by atoms with Crippen LogP contribution in [0.25, 0.3) is 0 Å². The Bertz CT molecular complexity index is 1540. The number of ether oxygens (including phenoxy) is 2. The van der Waals surface area contributed by atoms with Crippen LogP contribution in [0.4, 0.5) is 0 Å². The van der Waals surface area contributed by atoms with Crippen LogP contribution in [0.5, 0.6) is 11.5 Å². The van der Waals surface area contributed by atoms with Crippen LogP contribution in [0.1, 0.15) is 94.1 Å². The molecule has 1 aliphatic rings. The lowest BCUT2D eigenvalue weighted by Crippen LogP contribution is -2.41. The van der Waals surface area contributed by atoms with Crippen molar-refractivity contribution < 1.29 is 19.1 Å². The molecule has 1 atom stereocenters. The normalized spacial score (nSPS) is 17.2. The van der Waals surface area contributed by atoms with E-state index in [1.807, 2.05) is 88.4 Å². The van der Waals surface area contributed by atoms with Gasteiger partial charge in [-0.05, 0) is 140 Å². The van der Waals surface area contributed by atoms with Crippen LogP contribution in [-0.4, -0.2) is 11.9 Å². The maximum absolute atomic E-state index is 12.8. The Balaban J connectivity index is 1.41. The van der Waals surface area contributed by atoms with Crippen molar-refractivity contribution in [2.75, 3.05) is 0 Å². The van der Waals surface area contributed by atoms with E-state index in [-0.39, 0.29) is 22.8 Å². The third kappa shape index (κ3) is 6.59. The standard InChI is InChI=1S/C39H42O4/c1-25-22-38(6,7)24-39(23-25,32-12-16-34(17-13-32)42-36(40)30-10-8-26(2)28(4)20-30)33-14-18-35(19-15-33)43-37(41)31-11-9-27(3)29(5)21-31/h8-21,25H,22-24H2,1-7H3. The van der Waals surface area contributed by atoms with Gasteiger partial charge in [-0.15, -0.1) is 0 Å². The Hall–Kier alpha value is -4.18. The minimum atomic E-state index is -0.357. The van der Waals surface area contributed by atoms with Gasteiger partial charge >= 0.3 is 11.9 Å².